The molecule has 0 spiro atoms. The summed E-state index contributed by atoms with van der Waals surface area (Å²) in [5.41, 5.74) is 2.21. The van der Waals surface area contributed by atoms with Crippen molar-refractivity contribution < 1.29 is 5.11 Å². The number of nitrogens with one attached hydrogen (secondary N) is 1. The Morgan fingerprint density at radius 1 is 1.32 bits per heavy atom. The monoisotopic (exact) mass is 254 g/mol. The number of nitrogens with zero attached hydrogens (tertiary/aromatic N) is 3. The first kappa shape index (κ1) is 13.0. The Balaban J connectivity index is 1.97. The maximum absolute atomic E-state index is 10.0. The molecule has 0 saturated carbocycles. The molecule has 2 aromatic rings. The summed E-state index contributed by atoms with van der Waals surface area (Å²) in [5, 5.41) is 21.8. The van der Waals surface area contributed by atoms with E-state index in [9.17, 15) is 5.11 Å². The van der Waals surface area contributed by atoms with Crippen molar-refractivity contribution in [3.8, 4) is 6.07 Å². The Bertz CT molecular complexity index is 589. The van der Waals surface area contributed by atoms with Gasteiger partial charge in [0, 0.05) is 18.3 Å². The second kappa shape index (κ2) is 5.94. The number of anilines is 1. The van der Waals surface area contributed by atoms with Gasteiger partial charge in [0.1, 0.15) is 12.1 Å². The van der Waals surface area contributed by atoms with Gasteiger partial charge in [0.05, 0.1) is 17.7 Å². The van der Waals surface area contributed by atoms with Gasteiger partial charge in [-0.15, -0.1) is 0 Å². The van der Waals surface area contributed by atoms with E-state index in [-0.39, 0.29) is 0 Å². The summed E-state index contributed by atoms with van der Waals surface area (Å²) in [4.78, 5) is 8.06. The predicted molar refractivity (Wildman–Crippen MR) is 71.4 cm³/mol. The Kier molecular flexibility index (Phi) is 4.06. The maximum Gasteiger partial charge on any atom is 0.129 e. The summed E-state index contributed by atoms with van der Waals surface area (Å²) in [7, 11) is 0. The molecule has 1 aromatic heterocycles. The Hall–Kier alpha value is -2.45. The smallest absolute Gasteiger partial charge is 0.129 e. The van der Waals surface area contributed by atoms with E-state index in [0.717, 1.165) is 11.3 Å². The van der Waals surface area contributed by atoms with Gasteiger partial charge in [-0.1, -0.05) is 12.1 Å². The van der Waals surface area contributed by atoms with Crippen molar-refractivity contribution in [2.24, 2.45) is 0 Å². The van der Waals surface area contributed by atoms with Crippen LogP contribution in [0.1, 0.15) is 22.9 Å². The first-order valence-corrected chi connectivity index (χ1v) is 5.89. The molecule has 0 radical (unpaired) electrons. The van der Waals surface area contributed by atoms with Crippen molar-refractivity contribution in [1.82, 2.24) is 9.97 Å². The normalized spacial score (nSPS) is 11.6. The molecule has 1 heterocycles. The molecule has 2 rings (SSSR count). The van der Waals surface area contributed by atoms with E-state index in [2.05, 4.69) is 15.3 Å². The fourth-order valence-corrected chi connectivity index (χ4v) is 1.65. The molecule has 0 bridgehead atoms. The van der Waals surface area contributed by atoms with Crippen molar-refractivity contribution >= 4 is 5.82 Å². The number of benzene rings is 1. The molecule has 0 aliphatic rings. The third-order valence-electron chi connectivity index (χ3n) is 2.70. The number of aromatic nitrogens is 2. The number of aryl methyl sites for hydroxylation is 1. The zero-order chi connectivity index (χ0) is 13.7. The fourth-order valence-electron chi connectivity index (χ4n) is 1.65. The summed E-state index contributed by atoms with van der Waals surface area (Å²) in [6, 6.07) is 10.7. The Morgan fingerprint density at radius 2 is 2.05 bits per heavy atom. The van der Waals surface area contributed by atoms with Gasteiger partial charge in [-0.2, -0.15) is 5.26 Å². The second-order valence-electron chi connectivity index (χ2n) is 4.18. The lowest BCUT2D eigenvalue weighted by Crippen LogP contribution is -2.13. The van der Waals surface area contributed by atoms with Gasteiger partial charge in [-0.3, -0.25) is 0 Å². The number of aliphatic hydroxyl groups is 1. The SMILES string of the molecule is Cc1cc(NCC(O)c2ccc(C#N)cc2)ncn1. The molecule has 2 N–H and O–H groups in total. The summed E-state index contributed by atoms with van der Waals surface area (Å²) in [6.45, 7) is 2.23. The van der Waals surface area contributed by atoms with E-state index in [4.69, 9.17) is 5.26 Å². The van der Waals surface area contributed by atoms with E-state index in [1.807, 2.05) is 19.1 Å². The van der Waals surface area contributed by atoms with Crippen LogP contribution in [0.4, 0.5) is 5.82 Å². The summed E-state index contributed by atoms with van der Waals surface area (Å²) < 4.78 is 0. The van der Waals surface area contributed by atoms with Gasteiger partial charge in [0.25, 0.3) is 0 Å². The molecule has 5 heteroatoms. The number of nitriles is 1. The topological polar surface area (TPSA) is 81.8 Å². The van der Waals surface area contributed by atoms with E-state index < -0.39 is 6.10 Å². The fraction of sp³-hybridized carbons (Fsp3) is 0.214. The third-order valence-corrected chi connectivity index (χ3v) is 2.70. The Morgan fingerprint density at radius 3 is 2.68 bits per heavy atom. The minimum Gasteiger partial charge on any atom is -0.387 e. The number of hydrogen-bond acceptors (Lipinski definition) is 5. The average Bonchev–Trinajstić information content (AvgIpc) is 2.45. The zero-order valence-electron chi connectivity index (χ0n) is 10.5. The number of hydrogen-bond donors (Lipinski definition) is 2. The lowest BCUT2D eigenvalue weighted by molar-refractivity contribution is 0.191. The van der Waals surface area contributed by atoms with Crippen molar-refractivity contribution in [2.75, 3.05) is 11.9 Å². The van der Waals surface area contributed by atoms with Crippen molar-refractivity contribution in [3.05, 3.63) is 53.5 Å². The maximum atomic E-state index is 10.0. The van der Waals surface area contributed by atoms with Crippen LogP contribution in [0.5, 0.6) is 0 Å². The van der Waals surface area contributed by atoms with Crippen LogP contribution in [0.15, 0.2) is 36.7 Å². The second-order valence-corrected chi connectivity index (χ2v) is 4.18. The van der Waals surface area contributed by atoms with Crippen molar-refractivity contribution in [2.45, 2.75) is 13.0 Å². The lowest BCUT2D eigenvalue weighted by Gasteiger charge is -2.12. The highest BCUT2D eigenvalue weighted by Crippen LogP contribution is 2.14. The van der Waals surface area contributed by atoms with Crippen LogP contribution in [-0.2, 0) is 0 Å². The van der Waals surface area contributed by atoms with Gasteiger partial charge >= 0.3 is 0 Å². The molecule has 1 atom stereocenters. The Labute approximate surface area is 111 Å². The molecule has 0 aliphatic heterocycles. The van der Waals surface area contributed by atoms with Gasteiger partial charge in [-0.25, -0.2) is 9.97 Å². The molecule has 5 nitrogen and oxygen atoms in total. The third kappa shape index (κ3) is 3.50. The van der Waals surface area contributed by atoms with E-state index in [1.165, 1.54) is 6.33 Å². The average molecular weight is 254 g/mol. The van der Waals surface area contributed by atoms with Crippen LogP contribution in [0, 0.1) is 18.3 Å². The highest BCUT2D eigenvalue weighted by atomic mass is 16.3. The molecule has 19 heavy (non-hydrogen) atoms. The van der Waals surface area contributed by atoms with Crippen molar-refractivity contribution in [3.63, 3.8) is 0 Å². The predicted octanol–water partition coefficient (Wildman–Crippen LogP) is 1.80. The van der Waals surface area contributed by atoms with Crippen LogP contribution < -0.4 is 5.32 Å². The minimum atomic E-state index is -0.650. The highest BCUT2D eigenvalue weighted by molar-refractivity contribution is 5.36. The van der Waals surface area contributed by atoms with Crippen LogP contribution in [0.3, 0.4) is 0 Å². The lowest BCUT2D eigenvalue weighted by atomic mass is 10.1. The first-order valence-electron chi connectivity index (χ1n) is 5.89. The van der Waals surface area contributed by atoms with Crippen LogP contribution >= 0.6 is 0 Å². The summed E-state index contributed by atoms with van der Waals surface area (Å²) >= 11 is 0. The van der Waals surface area contributed by atoms with Crippen LogP contribution in [0.2, 0.25) is 0 Å². The van der Waals surface area contributed by atoms with E-state index >= 15 is 0 Å². The molecule has 0 fully saturated rings. The van der Waals surface area contributed by atoms with E-state index in [0.29, 0.717) is 17.9 Å². The molecule has 96 valence electrons. The molecule has 0 saturated heterocycles. The first-order chi connectivity index (χ1) is 9.19. The van der Waals surface area contributed by atoms with Crippen LogP contribution in [-0.4, -0.2) is 21.6 Å². The molecular weight excluding hydrogens is 240 g/mol. The van der Waals surface area contributed by atoms with Gasteiger partial charge in [0.2, 0.25) is 0 Å². The highest BCUT2D eigenvalue weighted by Gasteiger charge is 2.07. The molecule has 0 amide bonds. The summed E-state index contributed by atoms with van der Waals surface area (Å²) in [5.74, 6) is 0.681. The van der Waals surface area contributed by atoms with Crippen molar-refractivity contribution in [1.29, 1.82) is 5.26 Å². The van der Waals surface area contributed by atoms with Gasteiger partial charge < -0.3 is 10.4 Å². The quantitative estimate of drug-likeness (QED) is 0.869. The number of rotatable bonds is 4. The molecular formula is C14H14N4O. The molecule has 1 unspecified atom stereocenters. The van der Waals surface area contributed by atoms with E-state index in [1.54, 1.807) is 24.3 Å². The molecule has 0 aliphatic carbocycles. The minimum absolute atomic E-state index is 0.350. The number of aliphatic hydroxyl groups excluding tert-OH is 1. The zero-order valence-corrected chi connectivity index (χ0v) is 10.5. The molecule has 1 aromatic carbocycles. The van der Waals surface area contributed by atoms with Gasteiger partial charge in [0.15, 0.2) is 0 Å². The van der Waals surface area contributed by atoms with Gasteiger partial charge in [-0.05, 0) is 24.6 Å². The summed E-state index contributed by atoms with van der Waals surface area (Å²) in [6.07, 6.45) is 0.828. The van der Waals surface area contributed by atoms with Crippen LogP contribution in [0.25, 0.3) is 0 Å². The largest absolute Gasteiger partial charge is 0.387 e. The standard InChI is InChI=1S/C14H14N4O/c1-10-6-14(18-9-17-10)16-8-13(19)12-4-2-11(7-15)3-5-12/h2-6,9,13,19H,8H2,1H3,(H,16,17,18).